The minimum atomic E-state index is -4.36. The maximum absolute atomic E-state index is 12.9. The third-order valence-electron chi connectivity index (χ3n) is 5.40. The first-order valence-electron chi connectivity index (χ1n) is 11.3. The summed E-state index contributed by atoms with van der Waals surface area (Å²) in [5.41, 5.74) is 2.92. The number of carbonyl (C=O) groups is 1. The van der Waals surface area contributed by atoms with Gasteiger partial charge >= 0.3 is 12.1 Å². The van der Waals surface area contributed by atoms with Crippen LogP contribution in [0.4, 0.5) is 13.2 Å². The Morgan fingerprint density at radius 3 is 2.56 bits per heavy atom. The Bertz CT molecular complexity index is 1350. The van der Waals surface area contributed by atoms with Crippen molar-refractivity contribution >= 4 is 39.3 Å². The molecule has 0 aliphatic rings. The number of para-hydroxylation sites is 1. The SMILES string of the molecule is CCOC(=O)COc1ccc(SCCc2cccc3sc(-c4ccc(C(F)(F)F)cc4)nc23)cc1C. The van der Waals surface area contributed by atoms with Gasteiger partial charge in [-0.05, 0) is 67.8 Å². The molecule has 4 rings (SSSR count). The second kappa shape index (κ2) is 11.3. The molecule has 3 aromatic carbocycles. The molecule has 4 aromatic rings. The molecule has 0 spiro atoms. The number of thiazole rings is 1. The summed E-state index contributed by atoms with van der Waals surface area (Å²) in [6.45, 7) is 3.89. The monoisotopic (exact) mass is 531 g/mol. The van der Waals surface area contributed by atoms with Crippen molar-refractivity contribution < 1.29 is 27.4 Å². The van der Waals surface area contributed by atoms with E-state index in [0.717, 1.165) is 50.5 Å². The normalized spacial score (nSPS) is 11.6. The molecule has 0 atom stereocenters. The highest BCUT2D eigenvalue weighted by atomic mass is 32.2. The molecule has 0 amide bonds. The summed E-state index contributed by atoms with van der Waals surface area (Å²) in [6, 6.07) is 17.0. The van der Waals surface area contributed by atoms with Gasteiger partial charge in [0.2, 0.25) is 0 Å². The van der Waals surface area contributed by atoms with Crippen LogP contribution >= 0.6 is 23.1 Å². The fourth-order valence-electron chi connectivity index (χ4n) is 3.62. The molecule has 1 heterocycles. The molecule has 0 aliphatic heterocycles. The maximum atomic E-state index is 12.9. The van der Waals surface area contributed by atoms with Crippen LogP contribution in [0.5, 0.6) is 5.75 Å². The van der Waals surface area contributed by atoms with Crippen molar-refractivity contribution in [3.05, 3.63) is 77.4 Å². The van der Waals surface area contributed by atoms with Crippen molar-refractivity contribution in [3.63, 3.8) is 0 Å². The lowest BCUT2D eigenvalue weighted by atomic mass is 10.1. The highest BCUT2D eigenvalue weighted by Gasteiger charge is 2.30. The standard InChI is InChI=1S/C27H24F3NO3S2/c1-3-33-24(32)16-34-22-12-11-21(15-17(22)2)35-14-13-18-5-4-6-23-25(18)31-26(36-23)19-7-9-20(10-8-19)27(28,29)30/h4-12,15H,3,13-14,16H2,1-2H3. The second-order valence-electron chi connectivity index (χ2n) is 7.98. The Morgan fingerprint density at radius 1 is 1.08 bits per heavy atom. The minimum absolute atomic E-state index is 0.118. The summed E-state index contributed by atoms with van der Waals surface area (Å²) < 4.78 is 50.1. The van der Waals surface area contributed by atoms with Crippen LogP contribution in [-0.4, -0.2) is 29.9 Å². The van der Waals surface area contributed by atoms with Gasteiger partial charge in [-0.25, -0.2) is 9.78 Å². The van der Waals surface area contributed by atoms with Gasteiger partial charge in [-0.2, -0.15) is 13.2 Å². The van der Waals surface area contributed by atoms with Crippen molar-refractivity contribution in [1.29, 1.82) is 0 Å². The largest absolute Gasteiger partial charge is 0.482 e. The average molecular weight is 532 g/mol. The van der Waals surface area contributed by atoms with Crippen LogP contribution in [0.25, 0.3) is 20.8 Å². The molecule has 0 fully saturated rings. The molecular weight excluding hydrogens is 507 g/mol. The van der Waals surface area contributed by atoms with E-state index in [2.05, 4.69) is 0 Å². The van der Waals surface area contributed by atoms with Crippen LogP contribution in [0.15, 0.2) is 65.6 Å². The van der Waals surface area contributed by atoms with E-state index in [0.29, 0.717) is 22.9 Å². The smallest absolute Gasteiger partial charge is 0.416 e. The molecule has 9 heteroatoms. The third-order valence-corrected chi connectivity index (χ3v) is 7.46. The highest BCUT2D eigenvalue weighted by molar-refractivity contribution is 7.99. The Kier molecular flexibility index (Phi) is 8.21. The van der Waals surface area contributed by atoms with Gasteiger partial charge in [0.05, 0.1) is 22.4 Å². The number of ether oxygens (including phenoxy) is 2. The first kappa shape index (κ1) is 26.0. The van der Waals surface area contributed by atoms with Gasteiger partial charge in [0.1, 0.15) is 10.8 Å². The summed E-state index contributed by atoms with van der Waals surface area (Å²) in [7, 11) is 0. The Labute approximate surface area is 215 Å². The topological polar surface area (TPSA) is 48.4 Å². The number of aromatic nitrogens is 1. The van der Waals surface area contributed by atoms with E-state index < -0.39 is 17.7 Å². The zero-order valence-corrected chi connectivity index (χ0v) is 21.4. The quantitative estimate of drug-likeness (QED) is 0.165. The lowest BCUT2D eigenvalue weighted by Gasteiger charge is -2.10. The molecule has 36 heavy (non-hydrogen) atoms. The first-order chi connectivity index (χ1) is 17.2. The molecule has 0 aliphatic carbocycles. The van der Waals surface area contributed by atoms with E-state index in [1.165, 1.54) is 23.5 Å². The van der Waals surface area contributed by atoms with Crippen LogP contribution < -0.4 is 4.74 Å². The minimum Gasteiger partial charge on any atom is -0.482 e. The molecule has 0 N–H and O–H groups in total. The van der Waals surface area contributed by atoms with Crippen LogP contribution in [0.3, 0.4) is 0 Å². The van der Waals surface area contributed by atoms with Crippen molar-refractivity contribution in [2.24, 2.45) is 0 Å². The Balaban J connectivity index is 1.40. The Morgan fingerprint density at radius 2 is 1.86 bits per heavy atom. The van der Waals surface area contributed by atoms with Gasteiger partial charge in [0.25, 0.3) is 0 Å². The average Bonchev–Trinajstić information content (AvgIpc) is 3.29. The molecular formula is C27H24F3NO3S2. The summed E-state index contributed by atoms with van der Waals surface area (Å²) in [6.07, 6.45) is -3.57. The molecule has 0 saturated heterocycles. The fraction of sp³-hybridized carbons (Fsp3) is 0.259. The number of hydrogen-bond donors (Lipinski definition) is 0. The molecule has 188 valence electrons. The zero-order chi connectivity index (χ0) is 25.7. The van der Waals surface area contributed by atoms with E-state index >= 15 is 0 Å². The summed E-state index contributed by atoms with van der Waals surface area (Å²) in [4.78, 5) is 17.3. The highest BCUT2D eigenvalue weighted by Crippen LogP contribution is 2.35. The molecule has 0 radical (unpaired) electrons. The van der Waals surface area contributed by atoms with E-state index in [4.69, 9.17) is 14.5 Å². The van der Waals surface area contributed by atoms with E-state index in [1.54, 1.807) is 18.7 Å². The predicted octanol–water partition coefficient (Wildman–Crippen LogP) is 7.57. The second-order valence-corrected chi connectivity index (χ2v) is 10.2. The summed E-state index contributed by atoms with van der Waals surface area (Å²) in [5.74, 6) is 1.08. The molecule has 0 bridgehead atoms. The number of alkyl halides is 3. The van der Waals surface area contributed by atoms with E-state index in [1.807, 2.05) is 43.3 Å². The predicted molar refractivity (Wildman–Crippen MR) is 138 cm³/mol. The van der Waals surface area contributed by atoms with E-state index in [9.17, 15) is 18.0 Å². The molecule has 0 saturated carbocycles. The van der Waals surface area contributed by atoms with Crippen LogP contribution in [0, 0.1) is 6.92 Å². The number of aryl methyl sites for hydroxylation is 2. The number of nitrogens with zero attached hydrogens (tertiary/aromatic N) is 1. The van der Waals surface area contributed by atoms with Gasteiger partial charge in [0.15, 0.2) is 6.61 Å². The van der Waals surface area contributed by atoms with Gasteiger partial charge < -0.3 is 9.47 Å². The van der Waals surface area contributed by atoms with Crippen LogP contribution in [0.1, 0.15) is 23.6 Å². The van der Waals surface area contributed by atoms with Crippen molar-refractivity contribution in [3.8, 4) is 16.3 Å². The number of carbonyl (C=O) groups excluding carboxylic acids is 1. The van der Waals surface area contributed by atoms with Crippen molar-refractivity contribution in [2.75, 3.05) is 19.0 Å². The lowest BCUT2D eigenvalue weighted by Crippen LogP contribution is -2.14. The number of benzene rings is 3. The lowest BCUT2D eigenvalue weighted by molar-refractivity contribution is -0.145. The summed E-state index contributed by atoms with van der Waals surface area (Å²) >= 11 is 3.18. The number of rotatable bonds is 9. The number of thioether (sulfide) groups is 1. The number of hydrogen-bond acceptors (Lipinski definition) is 6. The third kappa shape index (κ3) is 6.39. The fourth-order valence-corrected chi connectivity index (χ4v) is 5.63. The first-order valence-corrected chi connectivity index (χ1v) is 13.1. The van der Waals surface area contributed by atoms with E-state index in [-0.39, 0.29) is 6.61 Å². The number of fused-ring (bicyclic) bond motifs is 1. The van der Waals surface area contributed by atoms with Crippen molar-refractivity contribution in [1.82, 2.24) is 4.98 Å². The zero-order valence-electron chi connectivity index (χ0n) is 19.7. The molecule has 1 aromatic heterocycles. The van der Waals surface area contributed by atoms with Crippen LogP contribution in [0.2, 0.25) is 0 Å². The molecule has 4 nitrogen and oxygen atoms in total. The van der Waals surface area contributed by atoms with Crippen LogP contribution in [-0.2, 0) is 22.1 Å². The van der Waals surface area contributed by atoms with Gasteiger partial charge in [-0.1, -0.05) is 24.3 Å². The number of esters is 1. The maximum Gasteiger partial charge on any atom is 0.416 e. The van der Waals surface area contributed by atoms with Crippen molar-refractivity contribution in [2.45, 2.75) is 31.3 Å². The van der Waals surface area contributed by atoms with Gasteiger partial charge in [-0.3, -0.25) is 0 Å². The molecule has 0 unspecified atom stereocenters. The summed E-state index contributed by atoms with van der Waals surface area (Å²) in [5, 5.41) is 0.702. The van der Waals surface area contributed by atoms with Gasteiger partial charge in [-0.15, -0.1) is 23.1 Å². The Hall–Kier alpha value is -3.04. The van der Waals surface area contributed by atoms with Gasteiger partial charge in [0, 0.05) is 16.2 Å². The number of halogens is 3.